The minimum Gasteiger partial charge on any atom is -0.451 e. The number of hydrogen-bond donors (Lipinski definition) is 0. The number of piperidine rings is 1. The summed E-state index contributed by atoms with van der Waals surface area (Å²) in [6.45, 7) is 1.43. The van der Waals surface area contributed by atoms with E-state index >= 15 is 0 Å². The summed E-state index contributed by atoms with van der Waals surface area (Å²) in [5.41, 5.74) is 0.681. The molecule has 2 aromatic heterocycles. The monoisotopic (exact) mass is 329 g/mol. The molecule has 0 aliphatic carbocycles. The van der Waals surface area contributed by atoms with Gasteiger partial charge in [0.05, 0.1) is 12.4 Å². The smallest absolute Gasteiger partial charge is 0.289 e. The predicted octanol–water partition coefficient (Wildman–Crippen LogP) is 3.76. The summed E-state index contributed by atoms with van der Waals surface area (Å²) in [6.07, 6.45) is 7.55. The van der Waals surface area contributed by atoms with Crippen LogP contribution in [0.4, 0.5) is 0 Å². The van der Waals surface area contributed by atoms with E-state index in [4.69, 9.17) is 16.0 Å². The van der Waals surface area contributed by atoms with Gasteiger partial charge in [-0.2, -0.15) is 0 Å². The number of nitrogens with zero attached hydrogens (tertiary/aromatic N) is 3. The number of halogens is 1. The molecule has 1 aliphatic heterocycles. The van der Waals surface area contributed by atoms with E-state index in [1.54, 1.807) is 24.4 Å². The molecule has 0 N–H and O–H groups in total. The minimum absolute atomic E-state index is 0.0675. The van der Waals surface area contributed by atoms with E-state index in [0.717, 1.165) is 24.8 Å². The van der Waals surface area contributed by atoms with E-state index in [0.29, 0.717) is 22.9 Å². The lowest BCUT2D eigenvalue weighted by Crippen LogP contribution is -2.40. The molecule has 0 saturated carbocycles. The van der Waals surface area contributed by atoms with E-state index in [2.05, 4.69) is 9.55 Å². The second-order valence-corrected chi connectivity index (χ2v) is 6.29. The number of hydrogen-bond acceptors (Lipinski definition) is 3. The standard InChI is InChI=1S/C17H16ClN3O2/c18-13-3-4-15-12(8-13)9-16(23-15)17(22)20-6-1-2-14(10-20)21-7-5-19-11-21/h3-5,7-9,11,14H,1-2,6,10H2. The second-order valence-electron chi connectivity index (χ2n) is 5.85. The summed E-state index contributed by atoms with van der Waals surface area (Å²) >= 11 is 5.99. The highest BCUT2D eigenvalue weighted by Crippen LogP contribution is 2.26. The zero-order valence-corrected chi connectivity index (χ0v) is 13.2. The first-order valence-corrected chi connectivity index (χ1v) is 8.04. The summed E-state index contributed by atoms with van der Waals surface area (Å²) in [4.78, 5) is 18.7. The largest absolute Gasteiger partial charge is 0.451 e. The SMILES string of the molecule is O=C(c1cc2cc(Cl)ccc2o1)N1CCCC(n2ccnc2)C1. The van der Waals surface area contributed by atoms with Crippen molar-refractivity contribution in [1.82, 2.24) is 14.5 Å². The van der Waals surface area contributed by atoms with Crippen LogP contribution in [0.5, 0.6) is 0 Å². The van der Waals surface area contributed by atoms with Crippen molar-refractivity contribution in [3.8, 4) is 0 Å². The predicted molar refractivity (Wildman–Crippen MR) is 87.6 cm³/mol. The molecule has 0 radical (unpaired) electrons. The highest BCUT2D eigenvalue weighted by molar-refractivity contribution is 6.31. The molecule has 5 nitrogen and oxygen atoms in total. The van der Waals surface area contributed by atoms with Gasteiger partial charge < -0.3 is 13.9 Å². The van der Waals surface area contributed by atoms with Crippen LogP contribution >= 0.6 is 11.6 Å². The number of likely N-dealkylation sites (tertiary alicyclic amines) is 1. The van der Waals surface area contributed by atoms with Gasteiger partial charge in [0.25, 0.3) is 5.91 Å². The second kappa shape index (κ2) is 5.74. The third-order valence-electron chi connectivity index (χ3n) is 4.32. The maximum atomic E-state index is 12.7. The molecule has 118 valence electrons. The molecular formula is C17H16ClN3O2. The van der Waals surface area contributed by atoms with E-state index in [9.17, 15) is 4.79 Å². The fourth-order valence-electron chi connectivity index (χ4n) is 3.14. The van der Waals surface area contributed by atoms with E-state index in [-0.39, 0.29) is 11.9 Å². The van der Waals surface area contributed by atoms with Gasteiger partial charge in [0.15, 0.2) is 5.76 Å². The Bertz CT molecular complexity index is 841. The number of imidazole rings is 1. The van der Waals surface area contributed by atoms with Crippen molar-refractivity contribution in [2.75, 3.05) is 13.1 Å². The summed E-state index contributed by atoms with van der Waals surface area (Å²) in [7, 11) is 0. The zero-order valence-electron chi connectivity index (χ0n) is 12.5. The van der Waals surface area contributed by atoms with Gasteiger partial charge >= 0.3 is 0 Å². The molecule has 1 saturated heterocycles. The summed E-state index contributed by atoms with van der Waals surface area (Å²) in [6, 6.07) is 7.40. The Hall–Kier alpha value is -2.27. The Morgan fingerprint density at radius 1 is 1.35 bits per heavy atom. The van der Waals surface area contributed by atoms with Gasteiger partial charge in [-0.3, -0.25) is 4.79 Å². The first kappa shape index (κ1) is 14.3. The van der Waals surface area contributed by atoms with Gasteiger partial charge in [-0.15, -0.1) is 0 Å². The lowest BCUT2D eigenvalue weighted by Gasteiger charge is -2.32. The molecule has 1 aliphatic rings. The molecular weight excluding hydrogens is 314 g/mol. The van der Waals surface area contributed by atoms with Crippen molar-refractivity contribution in [2.45, 2.75) is 18.9 Å². The van der Waals surface area contributed by atoms with Gasteiger partial charge in [0.2, 0.25) is 0 Å². The molecule has 3 aromatic rings. The van der Waals surface area contributed by atoms with Gasteiger partial charge in [0, 0.05) is 35.9 Å². The van der Waals surface area contributed by atoms with Crippen LogP contribution in [0.2, 0.25) is 5.02 Å². The van der Waals surface area contributed by atoms with Gasteiger partial charge in [-0.1, -0.05) is 11.6 Å². The molecule has 3 heterocycles. The number of amides is 1. The van der Waals surface area contributed by atoms with Gasteiger partial charge in [-0.05, 0) is 37.1 Å². The van der Waals surface area contributed by atoms with Crippen LogP contribution in [0, 0.1) is 0 Å². The lowest BCUT2D eigenvalue weighted by atomic mass is 10.1. The maximum Gasteiger partial charge on any atom is 0.289 e. The summed E-state index contributed by atoms with van der Waals surface area (Å²) in [5.74, 6) is 0.302. The van der Waals surface area contributed by atoms with Crippen molar-refractivity contribution in [2.24, 2.45) is 0 Å². The lowest BCUT2D eigenvalue weighted by molar-refractivity contribution is 0.0650. The van der Waals surface area contributed by atoms with E-state index in [1.807, 2.05) is 23.5 Å². The van der Waals surface area contributed by atoms with Crippen molar-refractivity contribution >= 4 is 28.5 Å². The van der Waals surface area contributed by atoms with Crippen LogP contribution in [0.15, 0.2) is 47.4 Å². The minimum atomic E-state index is -0.0675. The number of fused-ring (bicyclic) bond motifs is 1. The van der Waals surface area contributed by atoms with E-state index in [1.165, 1.54) is 0 Å². The molecule has 1 aromatic carbocycles. The van der Waals surface area contributed by atoms with Crippen LogP contribution in [0.3, 0.4) is 0 Å². The van der Waals surface area contributed by atoms with Crippen molar-refractivity contribution in [3.05, 3.63) is 53.8 Å². The van der Waals surface area contributed by atoms with Crippen LogP contribution in [0.1, 0.15) is 29.4 Å². The summed E-state index contributed by atoms with van der Waals surface area (Å²) < 4.78 is 7.76. The fraction of sp³-hybridized carbons (Fsp3) is 0.294. The molecule has 1 amide bonds. The highest BCUT2D eigenvalue weighted by atomic mass is 35.5. The van der Waals surface area contributed by atoms with Gasteiger partial charge in [0.1, 0.15) is 5.58 Å². The fourth-order valence-corrected chi connectivity index (χ4v) is 3.32. The topological polar surface area (TPSA) is 51.3 Å². The molecule has 0 spiro atoms. The first-order chi connectivity index (χ1) is 11.2. The zero-order chi connectivity index (χ0) is 15.8. The maximum absolute atomic E-state index is 12.7. The summed E-state index contributed by atoms with van der Waals surface area (Å²) in [5, 5.41) is 1.49. The van der Waals surface area contributed by atoms with Crippen molar-refractivity contribution < 1.29 is 9.21 Å². The van der Waals surface area contributed by atoms with Gasteiger partial charge in [-0.25, -0.2) is 4.98 Å². The van der Waals surface area contributed by atoms with Crippen molar-refractivity contribution in [1.29, 1.82) is 0 Å². The number of furan rings is 1. The Morgan fingerprint density at radius 2 is 2.26 bits per heavy atom. The van der Waals surface area contributed by atoms with Crippen LogP contribution in [-0.2, 0) is 0 Å². The highest BCUT2D eigenvalue weighted by Gasteiger charge is 2.27. The average molecular weight is 330 g/mol. The first-order valence-electron chi connectivity index (χ1n) is 7.66. The molecule has 1 fully saturated rings. The normalized spacial score (nSPS) is 18.5. The number of carbonyl (C=O) groups excluding carboxylic acids is 1. The third-order valence-corrected chi connectivity index (χ3v) is 4.55. The quantitative estimate of drug-likeness (QED) is 0.719. The molecule has 1 unspecified atom stereocenters. The Kier molecular flexibility index (Phi) is 3.58. The Balaban J connectivity index is 1.57. The van der Waals surface area contributed by atoms with Crippen LogP contribution in [0.25, 0.3) is 11.0 Å². The third kappa shape index (κ3) is 2.72. The van der Waals surface area contributed by atoms with E-state index < -0.39 is 0 Å². The van der Waals surface area contributed by atoms with Crippen LogP contribution < -0.4 is 0 Å². The number of carbonyl (C=O) groups is 1. The Labute approximate surface area is 138 Å². The number of rotatable bonds is 2. The molecule has 1 atom stereocenters. The number of aromatic nitrogens is 2. The molecule has 4 rings (SSSR count). The van der Waals surface area contributed by atoms with Crippen LogP contribution in [-0.4, -0.2) is 33.4 Å². The number of benzene rings is 1. The molecule has 6 heteroatoms. The molecule has 0 bridgehead atoms. The van der Waals surface area contributed by atoms with Crippen molar-refractivity contribution in [3.63, 3.8) is 0 Å². The average Bonchev–Trinajstić information content (AvgIpc) is 3.23. The molecule has 23 heavy (non-hydrogen) atoms. The Morgan fingerprint density at radius 3 is 3.09 bits per heavy atom.